The number of halogens is 4. The normalized spacial score (nSPS) is 14.8. The number of nitrogens with two attached hydrogens (primary N) is 1. The monoisotopic (exact) mass is 429 g/mol. The summed E-state index contributed by atoms with van der Waals surface area (Å²) in [5, 5.41) is 2.39. The number of hydrogen-bond acceptors (Lipinski definition) is 3. The molecule has 3 N–H and O–H groups in total. The van der Waals surface area contributed by atoms with Crippen molar-refractivity contribution in [1.29, 1.82) is 0 Å². The molecule has 30 heavy (non-hydrogen) atoms. The molecule has 6 nitrogen and oxygen atoms in total. The molecule has 1 unspecified atom stereocenters. The number of amides is 1. The number of carbonyl (C=O) groups is 1. The number of benzene rings is 1. The van der Waals surface area contributed by atoms with E-state index >= 15 is 0 Å². The van der Waals surface area contributed by atoms with Gasteiger partial charge in [0.1, 0.15) is 12.5 Å². The highest BCUT2D eigenvalue weighted by Gasteiger charge is 2.26. The summed E-state index contributed by atoms with van der Waals surface area (Å²) in [5.74, 6) is -3.94. The molecular weight excluding hydrogens is 402 g/mol. The van der Waals surface area contributed by atoms with E-state index in [0.29, 0.717) is 19.8 Å². The van der Waals surface area contributed by atoms with Crippen LogP contribution in [0.3, 0.4) is 0 Å². The number of rotatable bonds is 7. The second-order valence-electron chi connectivity index (χ2n) is 6.88. The van der Waals surface area contributed by atoms with Crippen LogP contribution in [0.5, 0.6) is 0 Å². The van der Waals surface area contributed by atoms with Gasteiger partial charge in [-0.2, -0.15) is 4.99 Å². The Morgan fingerprint density at radius 1 is 1.37 bits per heavy atom. The number of hydrogen-bond donors (Lipinski definition) is 2. The SMILES string of the molecule is CCC(N=C(N=C(NC=O)N(C)C)C(C)=C(N)CF)c1ccc(C(C)(F)F)cc1F. The van der Waals surface area contributed by atoms with Crippen molar-refractivity contribution >= 4 is 18.2 Å². The number of guanidine groups is 1. The standard InChI is InChI=1S/C20H27F4N5O/c1-6-17(14-8-7-13(9-15(14)22)20(3,23)24)27-18(12(2)16(25)10-21)28-19(26-11-30)29(4)5/h7-9,11,17H,6,10,25H2,1-5H3,(H,26,27,28,30). The van der Waals surface area contributed by atoms with Crippen molar-refractivity contribution in [2.75, 3.05) is 20.8 Å². The molecular formula is C20H27F4N5O. The Hall–Kier alpha value is -2.91. The van der Waals surface area contributed by atoms with E-state index in [1.807, 2.05) is 0 Å². The van der Waals surface area contributed by atoms with Crippen molar-refractivity contribution in [1.82, 2.24) is 10.2 Å². The summed E-state index contributed by atoms with van der Waals surface area (Å²) in [7, 11) is 3.23. The third-order valence-corrected chi connectivity index (χ3v) is 4.32. The number of alkyl halides is 3. The van der Waals surface area contributed by atoms with Crippen LogP contribution in [0.2, 0.25) is 0 Å². The van der Waals surface area contributed by atoms with Gasteiger partial charge in [0, 0.05) is 43.4 Å². The van der Waals surface area contributed by atoms with E-state index in [-0.39, 0.29) is 28.6 Å². The van der Waals surface area contributed by atoms with Gasteiger partial charge in [0.25, 0.3) is 5.92 Å². The fraction of sp³-hybridized carbons (Fsp3) is 0.450. The number of allylic oxidation sites excluding steroid dienone is 1. The first kappa shape index (κ1) is 25.1. The lowest BCUT2D eigenvalue weighted by Crippen LogP contribution is -2.36. The molecule has 0 radical (unpaired) electrons. The molecule has 0 bridgehead atoms. The zero-order valence-corrected chi connectivity index (χ0v) is 17.6. The van der Waals surface area contributed by atoms with Crippen LogP contribution >= 0.6 is 0 Å². The molecule has 0 heterocycles. The summed E-state index contributed by atoms with van der Waals surface area (Å²) in [4.78, 5) is 21.0. The van der Waals surface area contributed by atoms with Crippen LogP contribution in [-0.4, -0.2) is 43.9 Å². The van der Waals surface area contributed by atoms with Crippen molar-refractivity contribution in [2.24, 2.45) is 15.7 Å². The van der Waals surface area contributed by atoms with E-state index in [4.69, 9.17) is 5.73 Å². The quantitative estimate of drug-likeness (QED) is 0.300. The van der Waals surface area contributed by atoms with Gasteiger partial charge in [-0.25, -0.2) is 17.6 Å². The van der Waals surface area contributed by atoms with Gasteiger partial charge >= 0.3 is 0 Å². The lowest BCUT2D eigenvalue weighted by Gasteiger charge is -2.18. The number of nitrogens with one attached hydrogen (secondary N) is 1. The van der Waals surface area contributed by atoms with Crippen LogP contribution in [0.4, 0.5) is 17.6 Å². The van der Waals surface area contributed by atoms with Crippen molar-refractivity contribution < 1.29 is 22.4 Å². The summed E-state index contributed by atoms with van der Waals surface area (Å²) in [6.45, 7) is 2.95. The number of carbonyl (C=O) groups excluding carboxylic acids is 1. The van der Waals surface area contributed by atoms with Crippen LogP contribution in [0.25, 0.3) is 0 Å². The molecule has 0 fully saturated rings. The van der Waals surface area contributed by atoms with Gasteiger partial charge in [0.15, 0.2) is 5.84 Å². The molecule has 1 aromatic rings. The van der Waals surface area contributed by atoms with Crippen molar-refractivity contribution in [3.05, 3.63) is 46.4 Å². The lowest BCUT2D eigenvalue weighted by atomic mass is 10.00. The number of amidine groups is 1. The van der Waals surface area contributed by atoms with Gasteiger partial charge in [-0.05, 0) is 19.4 Å². The zero-order valence-electron chi connectivity index (χ0n) is 17.6. The molecule has 1 amide bonds. The fourth-order valence-electron chi connectivity index (χ4n) is 2.47. The second kappa shape index (κ2) is 10.7. The van der Waals surface area contributed by atoms with Gasteiger partial charge in [0.05, 0.1) is 6.04 Å². The predicted molar refractivity (Wildman–Crippen MR) is 110 cm³/mol. The van der Waals surface area contributed by atoms with E-state index < -0.39 is 30.0 Å². The van der Waals surface area contributed by atoms with Crippen LogP contribution in [-0.2, 0) is 10.7 Å². The topological polar surface area (TPSA) is 83.1 Å². The van der Waals surface area contributed by atoms with E-state index in [1.165, 1.54) is 17.9 Å². The lowest BCUT2D eigenvalue weighted by molar-refractivity contribution is -0.108. The van der Waals surface area contributed by atoms with E-state index in [1.54, 1.807) is 21.0 Å². The average Bonchev–Trinajstić information content (AvgIpc) is 2.68. The van der Waals surface area contributed by atoms with Gasteiger partial charge in [0.2, 0.25) is 12.4 Å². The highest BCUT2D eigenvalue weighted by molar-refractivity contribution is 6.07. The summed E-state index contributed by atoms with van der Waals surface area (Å²) in [5.41, 5.74) is 5.40. The van der Waals surface area contributed by atoms with Crippen molar-refractivity contribution in [2.45, 2.75) is 39.2 Å². The van der Waals surface area contributed by atoms with Crippen molar-refractivity contribution in [3.8, 4) is 0 Å². The van der Waals surface area contributed by atoms with Gasteiger partial charge in [-0.1, -0.05) is 19.1 Å². The Labute approximate surface area is 173 Å². The van der Waals surface area contributed by atoms with Gasteiger partial charge in [-0.3, -0.25) is 15.1 Å². The fourth-order valence-corrected chi connectivity index (χ4v) is 2.47. The molecule has 1 aromatic carbocycles. The molecule has 0 spiro atoms. The largest absolute Gasteiger partial charge is 0.400 e. The molecule has 0 saturated heterocycles. The van der Waals surface area contributed by atoms with E-state index in [9.17, 15) is 22.4 Å². The minimum Gasteiger partial charge on any atom is -0.400 e. The molecule has 166 valence electrons. The smallest absolute Gasteiger partial charge is 0.270 e. The Morgan fingerprint density at radius 3 is 2.43 bits per heavy atom. The first-order chi connectivity index (χ1) is 14.0. The minimum atomic E-state index is -3.18. The van der Waals surface area contributed by atoms with Crippen LogP contribution < -0.4 is 11.1 Å². The van der Waals surface area contributed by atoms with Gasteiger partial charge in [-0.15, -0.1) is 0 Å². The Balaban J connectivity index is 3.59. The highest BCUT2D eigenvalue weighted by atomic mass is 19.3. The summed E-state index contributed by atoms with van der Waals surface area (Å²) in [6.07, 6.45) is 0.716. The molecule has 1 rings (SSSR count). The molecule has 0 saturated carbocycles. The predicted octanol–water partition coefficient (Wildman–Crippen LogP) is 3.65. The molecule has 0 aliphatic carbocycles. The maximum atomic E-state index is 14.6. The molecule has 0 aliphatic heterocycles. The molecule has 10 heteroatoms. The van der Waals surface area contributed by atoms with Gasteiger partial charge < -0.3 is 10.6 Å². The van der Waals surface area contributed by atoms with Crippen LogP contribution in [0.1, 0.15) is 44.4 Å². The zero-order chi connectivity index (χ0) is 23.1. The molecule has 0 aromatic heterocycles. The summed E-state index contributed by atoms with van der Waals surface area (Å²) < 4.78 is 54.7. The highest BCUT2D eigenvalue weighted by Crippen LogP contribution is 2.31. The van der Waals surface area contributed by atoms with E-state index in [0.717, 1.165) is 12.1 Å². The first-order valence-corrected chi connectivity index (χ1v) is 9.19. The minimum absolute atomic E-state index is 0.0145. The average molecular weight is 429 g/mol. The third kappa shape index (κ3) is 6.57. The van der Waals surface area contributed by atoms with Crippen LogP contribution in [0, 0.1) is 5.82 Å². The van der Waals surface area contributed by atoms with Crippen LogP contribution in [0.15, 0.2) is 39.5 Å². The summed E-state index contributed by atoms with van der Waals surface area (Å²) in [6, 6.07) is 2.35. The maximum absolute atomic E-state index is 14.6. The Morgan fingerprint density at radius 2 is 2.00 bits per heavy atom. The number of aliphatic imine (C=N–C) groups is 2. The Bertz CT molecular complexity index is 844. The Kier molecular flexibility index (Phi) is 9.00. The first-order valence-electron chi connectivity index (χ1n) is 9.19. The molecule has 0 aliphatic rings. The van der Waals surface area contributed by atoms with Crippen molar-refractivity contribution in [3.63, 3.8) is 0 Å². The second-order valence-corrected chi connectivity index (χ2v) is 6.88. The maximum Gasteiger partial charge on any atom is 0.270 e. The third-order valence-electron chi connectivity index (χ3n) is 4.32. The number of nitrogens with zero attached hydrogens (tertiary/aromatic N) is 3. The molecule has 1 atom stereocenters. The van der Waals surface area contributed by atoms with E-state index in [2.05, 4.69) is 15.3 Å². The summed E-state index contributed by atoms with van der Waals surface area (Å²) >= 11 is 0.